The first-order valence-corrected chi connectivity index (χ1v) is 7.26. The van der Waals surface area contributed by atoms with Crippen LogP contribution < -0.4 is 11.1 Å². The smallest absolute Gasteiger partial charge is 0.274 e. The summed E-state index contributed by atoms with van der Waals surface area (Å²) in [6.07, 6.45) is 4.98. The summed E-state index contributed by atoms with van der Waals surface area (Å²) in [5.74, 6) is -0.247. The molecule has 0 saturated heterocycles. The zero-order valence-corrected chi connectivity index (χ0v) is 12.7. The van der Waals surface area contributed by atoms with Crippen molar-refractivity contribution in [3.63, 3.8) is 0 Å². The lowest BCUT2D eigenvalue weighted by Crippen LogP contribution is -2.14. The molecule has 1 atom stereocenters. The molecule has 0 unspecified atom stereocenters. The summed E-state index contributed by atoms with van der Waals surface area (Å²) in [4.78, 5) is 16.4. The predicted molar refractivity (Wildman–Crippen MR) is 88.8 cm³/mol. The van der Waals surface area contributed by atoms with Crippen LogP contribution >= 0.6 is 0 Å². The van der Waals surface area contributed by atoms with Crippen molar-refractivity contribution in [1.82, 2.24) is 15.2 Å². The van der Waals surface area contributed by atoms with E-state index >= 15 is 0 Å². The number of carbonyl (C=O) groups is 1. The first-order chi connectivity index (χ1) is 11.1. The fourth-order valence-electron chi connectivity index (χ4n) is 2.27. The quantitative estimate of drug-likeness (QED) is 0.690. The van der Waals surface area contributed by atoms with Gasteiger partial charge in [-0.3, -0.25) is 14.9 Å². The largest absolute Gasteiger partial charge is 0.324 e. The third kappa shape index (κ3) is 3.27. The number of anilines is 1. The van der Waals surface area contributed by atoms with Gasteiger partial charge in [0.1, 0.15) is 5.69 Å². The van der Waals surface area contributed by atoms with Gasteiger partial charge in [-0.25, -0.2) is 0 Å². The summed E-state index contributed by atoms with van der Waals surface area (Å²) in [5, 5.41) is 9.58. The molecular formula is C17H17N5O. The number of carbonyl (C=O) groups excluding carboxylic acids is 1. The van der Waals surface area contributed by atoms with E-state index in [0.29, 0.717) is 11.4 Å². The van der Waals surface area contributed by atoms with E-state index in [1.807, 2.05) is 43.3 Å². The predicted octanol–water partition coefficient (Wildman–Crippen LogP) is 2.74. The summed E-state index contributed by atoms with van der Waals surface area (Å²) in [6.45, 7) is 1.92. The van der Waals surface area contributed by atoms with Crippen LogP contribution in [0.3, 0.4) is 0 Å². The van der Waals surface area contributed by atoms with Crippen molar-refractivity contribution in [2.75, 3.05) is 5.32 Å². The summed E-state index contributed by atoms with van der Waals surface area (Å²) in [6, 6.07) is 11.1. The zero-order chi connectivity index (χ0) is 16.2. The van der Waals surface area contributed by atoms with Crippen LogP contribution in [0, 0.1) is 0 Å². The molecule has 0 aliphatic carbocycles. The molecule has 6 nitrogen and oxygen atoms in total. The van der Waals surface area contributed by atoms with Gasteiger partial charge in [-0.05, 0) is 42.3 Å². The highest BCUT2D eigenvalue weighted by Crippen LogP contribution is 2.22. The number of H-pyrrole nitrogens is 1. The van der Waals surface area contributed by atoms with Crippen LogP contribution in [-0.2, 0) is 0 Å². The zero-order valence-electron chi connectivity index (χ0n) is 12.7. The average Bonchev–Trinajstić information content (AvgIpc) is 3.06. The van der Waals surface area contributed by atoms with Gasteiger partial charge in [-0.1, -0.05) is 12.1 Å². The molecule has 6 heteroatoms. The lowest BCUT2D eigenvalue weighted by molar-refractivity contribution is 0.102. The van der Waals surface area contributed by atoms with Gasteiger partial charge in [0.25, 0.3) is 5.91 Å². The maximum absolute atomic E-state index is 12.5. The van der Waals surface area contributed by atoms with Crippen molar-refractivity contribution in [3.8, 4) is 11.1 Å². The Morgan fingerprint density at radius 1 is 1.17 bits per heavy atom. The number of nitrogens with zero attached hydrogens (tertiary/aromatic N) is 2. The second-order valence-corrected chi connectivity index (χ2v) is 5.26. The molecule has 4 N–H and O–H groups in total. The Bertz CT molecular complexity index is 793. The molecule has 2 aromatic heterocycles. The van der Waals surface area contributed by atoms with Gasteiger partial charge >= 0.3 is 0 Å². The lowest BCUT2D eigenvalue weighted by atomic mass is 10.1. The number of hydrogen-bond donors (Lipinski definition) is 3. The van der Waals surface area contributed by atoms with Gasteiger partial charge < -0.3 is 11.1 Å². The lowest BCUT2D eigenvalue weighted by Gasteiger charge is -2.08. The van der Waals surface area contributed by atoms with Crippen LogP contribution in [0.4, 0.5) is 5.69 Å². The minimum absolute atomic E-state index is 0.0364. The van der Waals surface area contributed by atoms with Crippen LogP contribution in [0.5, 0.6) is 0 Å². The third-order valence-electron chi connectivity index (χ3n) is 3.55. The number of amides is 1. The second kappa shape index (κ2) is 6.41. The number of rotatable bonds is 4. The van der Waals surface area contributed by atoms with Gasteiger partial charge in [-0.2, -0.15) is 5.10 Å². The maximum Gasteiger partial charge on any atom is 0.274 e. The Labute approximate surface area is 133 Å². The Morgan fingerprint density at radius 2 is 1.87 bits per heavy atom. The van der Waals surface area contributed by atoms with E-state index in [1.54, 1.807) is 18.6 Å². The van der Waals surface area contributed by atoms with E-state index in [1.165, 1.54) is 0 Å². The number of pyridine rings is 1. The molecule has 0 spiro atoms. The highest BCUT2D eigenvalue weighted by atomic mass is 16.1. The first-order valence-electron chi connectivity index (χ1n) is 7.26. The standard InChI is InChI=1S/C17H17N5O/c1-11(18)12-2-4-14(5-3-12)21-17(23)16-15(10-20-22-16)13-6-8-19-9-7-13/h2-11H,18H2,1H3,(H,20,22)(H,21,23)/t11-/m1/s1. The number of nitrogens with one attached hydrogen (secondary N) is 2. The van der Waals surface area contributed by atoms with Crippen molar-refractivity contribution in [2.45, 2.75) is 13.0 Å². The van der Waals surface area contributed by atoms with Crippen LogP contribution in [0.25, 0.3) is 11.1 Å². The number of benzene rings is 1. The van der Waals surface area contributed by atoms with Crippen molar-refractivity contribution >= 4 is 11.6 Å². The SMILES string of the molecule is C[C@@H](N)c1ccc(NC(=O)c2[nH]ncc2-c2ccncc2)cc1. The normalized spacial score (nSPS) is 11.9. The molecule has 23 heavy (non-hydrogen) atoms. The second-order valence-electron chi connectivity index (χ2n) is 5.26. The number of nitrogens with two attached hydrogens (primary N) is 1. The van der Waals surface area contributed by atoms with Gasteiger partial charge in [-0.15, -0.1) is 0 Å². The monoisotopic (exact) mass is 307 g/mol. The molecule has 2 heterocycles. The fraction of sp³-hybridized carbons (Fsp3) is 0.118. The first kappa shape index (κ1) is 14.9. The maximum atomic E-state index is 12.5. The topological polar surface area (TPSA) is 96.7 Å². The van der Waals surface area contributed by atoms with E-state index in [-0.39, 0.29) is 11.9 Å². The Hall–Kier alpha value is -2.99. The Morgan fingerprint density at radius 3 is 2.52 bits per heavy atom. The van der Waals surface area contributed by atoms with Gasteiger partial charge in [0.05, 0.1) is 6.20 Å². The highest BCUT2D eigenvalue weighted by Gasteiger charge is 2.15. The Kier molecular flexibility index (Phi) is 4.16. The molecule has 0 aliphatic rings. The molecule has 116 valence electrons. The molecule has 3 rings (SSSR count). The number of aromatic nitrogens is 3. The van der Waals surface area contributed by atoms with Crippen LogP contribution in [0.2, 0.25) is 0 Å². The Balaban J connectivity index is 1.81. The molecule has 0 bridgehead atoms. The highest BCUT2D eigenvalue weighted by molar-refractivity contribution is 6.07. The average molecular weight is 307 g/mol. The summed E-state index contributed by atoms with van der Waals surface area (Å²) in [5.41, 5.74) is 9.56. The molecule has 3 aromatic rings. The molecule has 0 saturated carbocycles. The fourth-order valence-corrected chi connectivity index (χ4v) is 2.27. The van der Waals surface area contributed by atoms with Crippen molar-refractivity contribution in [3.05, 3.63) is 66.2 Å². The molecule has 0 aliphatic heterocycles. The van der Waals surface area contributed by atoms with E-state index in [4.69, 9.17) is 5.73 Å². The van der Waals surface area contributed by atoms with Crippen molar-refractivity contribution in [1.29, 1.82) is 0 Å². The number of aromatic amines is 1. The van der Waals surface area contributed by atoms with Crippen molar-refractivity contribution in [2.24, 2.45) is 5.73 Å². The van der Waals surface area contributed by atoms with E-state index in [0.717, 1.165) is 16.7 Å². The molecular weight excluding hydrogens is 290 g/mol. The van der Waals surface area contributed by atoms with Gasteiger partial charge in [0.15, 0.2) is 0 Å². The van der Waals surface area contributed by atoms with E-state index < -0.39 is 0 Å². The summed E-state index contributed by atoms with van der Waals surface area (Å²) in [7, 11) is 0. The minimum Gasteiger partial charge on any atom is -0.324 e. The molecule has 1 aromatic carbocycles. The van der Waals surface area contributed by atoms with Crippen LogP contribution in [0.15, 0.2) is 55.0 Å². The van der Waals surface area contributed by atoms with Gasteiger partial charge in [0.2, 0.25) is 0 Å². The minimum atomic E-state index is -0.247. The van der Waals surface area contributed by atoms with Crippen LogP contribution in [-0.4, -0.2) is 21.1 Å². The number of hydrogen-bond acceptors (Lipinski definition) is 4. The molecule has 1 amide bonds. The molecule has 0 radical (unpaired) electrons. The molecule has 0 fully saturated rings. The van der Waals surface area contributed by atoms with Gasteiger partial charge in [0, 0.05) is 29.7 Å². The van der Waals surface area contributed by atoms with Crippen LogP contribution in [0.1, 0.15) is 29.0 Å². The summed E-state index contributed by atoms with van der Waals surface area (Å²) >= 11 is 0. The van der Waals surface area contributed by atoms with Crippen molar-refractivity contribution < 1.29 is 4.79 Å². The van der Waals surface area contributed by atoms with E-state index in [2.05, 4.69) is 20.5 Å². The summed E-state index contributed by atoms with van der Waals surface area (Å²) < 4.78 is 0. The van der Waals surface area contributed by atoms with E-state index in [9.17, 15) is 4.79 Å². The third-order valence-corrected chi connectivity index (χ3v) is 3.55.